The third-order valence-corrected chi connectivity index (χ3v) is 8.49. The molecule has 0 aliphatic carbocycles. The minimum absolute atomic E-state index is 0.580. The topological polar surface area (TPSA) is 42.4 Å². The molecule has 0 bridgehead atoms. The molecule has 4 nitrogen and oxygen atoms in total. The molecule has 4 heteroatoms. The zero-order chi connectivity index (χ0) is 29.7. The van der Waals surface area contributed by atoms with Crippen LogP contribution in [0.4, 0.5) is 17.1 Å². The van der Waals surface area contributed by atoms with E-state index in [-0.39, 0.29) is 0 Å². The van der Waals surface area contributed by atoms with E-state index in [9.17, 15) is 0 Å². The van der Waals surface area contributed by atoms with E-state index in [1.807, 2.05) is 42.5 Å². The maximum atomic E-state index is 6.76. The lowest BCUT2D eigenvalue weighted by Gasteiger charge is -2.27. The summed E-state index contributed by atoms with van der Waals surface area (Å²) in [5.41, 5.74) is 9.47. The quantitative estimate of drug-likeness (QED) is 0.204. The van der Waals surface area contributed by atoms with Gasteiger partial charge in [0.25, 0.3) is 0 Å². The Balaban J connectivity index is 1.31. The van der Waals surface area contributed by atoms with E-state index in [1.165, 1.54) is 10.9 Å². The van der Waals surface area contributed by atoms with Crippen molar-refractivity contribution in [2.75, 3.05) is 4.90 Å². The molecule has 0 radical (unpaired) electrons. The summed E-state index contributed by atoms with van der Waals surface area (Å²) in [6, 6.07) is 54.5. The minimum atomic E-state index is 0.580. The van der Waals surface area contributed by atoms with E-state index in [1.54, 1.807) is 0 Å². The van der Waals surface area contributed by atoms with Crippen molar-refractivity contribution < 1.29 is 8.83 Å². The van der Waals surface area contributed by atoms with Gasteiger partial charge in [-0.05, 0) is 65.0 Å². The largest absolute Gasteiger partial charge is 0.454 e. The number of hydrogen-bond acceptors (Lipinski definition) is 4. The first-order valence-corrected chi connectivity index (χ1v) is 15.1. The van der Waals surface area contributed by atoms with Gasteiger partial charge in [0.05, 0.1) is 11.4 Å². The predicted octanol–water partition coefficient (Wildman–Crippen LogP) is 11.7. The van der Waals surface area contributed by atoms with Gasteiger partial charge in [0.15, 0.2) is 11.2 Å². The van der Waals surface area contributed by atoms with E-state index in [2.05, 4.69) is 120 Å². The summed E-state index contributed by atoms with van der Waals surface area (Å²) < 4.78 is 13.0. The molecule has 0 fully saturated rings. The lowest BCUT2D eigenvalue weighted by atomic mass is 10.0. The fraction of sp³-hybridized carbons (Fsp3) is 0. The fourth-order valence-corrected chi connectivity index (χ4v) is 6.44. The lowest BCUT2D eigenvalue weighted by molar-refractivity contribution is 0.620. The van der Waals surface area contributed by atoms with Crippen molar-refractivity contribution in [1.82, 2.24) is 4.98 Å². The molecular weight excluding hydrogens is 552 g/mol. The Labute approximate surface area is 259 Å². The van der Waals surface area contributed by atoms with Crippen molar-refractivity contribution in [2.45, 2.75) is 0 Å². The number of nitrogens with zero attached hydrogens (tertiary/aromatic N) is 2. The Kier molecular flexibility index (Phi) is 5.78. The average molecular weight is 579 g/mol. The molecule has 0 aliphatic rings. The molecule has 2 heterocycles. The molecule has 2 aromatic heterocycles. The second-order valence-electron chi connectivity index (χ2n) is 11.2. The summed E-state index contributed by atoms with van der Waals surface area (Å²) in [7, 11) is 0. The molecule has 0 amide bonds. The normalized spacial score (nSPS) is 11.6. The minimum Gasteiger partial charge on any atom is -0.454 e. The number of benzene rings is 7. The van der Waals surface area contributed by atoms with E-state index in [0.717, 1.165) is 66.6 Å². The number of hydrogen-bond donors (Lipinski definition) is 0. The zero-order valence-corrected chi connectivity index (χ0v) is 24.2. The molecule has 9 rings (SSSR count). The van der Waals surface area contributed by atoms with Crippen LogP contribution >= 0.6 is 0 Å². The molecule has 0 spiro atoms. The summed E-state index contributed by atoms with van der Waals surface area (Å²) >= 11 is 0. The molecule has 0 aliphatic heterocycles. The summed E-state index contributed by atoms with van der Waals surface area (Å²) in [5.74, 6) is 0.580. The van der Waals surface area contributed by atoms with Crippen LogP contribution in [0.3, 0.4) is 0 Å². The number of oxazole rings is 1. The number of aromatic nitrogens is 1. The van der Waals surface area contributed by atoms with Crippen LogP contribution in [0.5, 0.6) is 0 Å². The highest BCUT2D eigenvalue weighted by atomic mass is 16.3. The Morgan fingerprint density at radius 3 is 2.11 bits per heavy atom. The number of rotatable bonds is 5. The number of fused-ring (bicyclic) bond motifs is 5. The molecular formula is C41H26N2O2. The molecule has 0 atom stereocenters. The highest BCUT2D eigenvalue weighted by Crippen LogP contribution is 2.46. The van der Waals surface area contributed by atoms with Gasteiger partial charge in [-0.1, -0.05) is 109 Å². The van der Waals surface area contributed by atoms with E-state index in [4.69, 9.17) is 13.8 Å². The first-order valence-electron chi connectivity index (χ1n) is 15.1. The van der Waals surface area contributed by atoms with Crippen molar-refractivity contribution >= 4 is 60.9 Å². The van der Waals surface area contributed by atoms with Crippen molar-refractivity contribution in [2.24, 2.45) is 0 Å². The Hall–Kier alpha value is -6.13. The second kappa shape index (κ2) is 10.2. The third kappa shape index (κ3) is 4.19. The van der Waals surface area contributed by atoms with Gasteiger partial charge >= 0.3 is 0 Å². The van der Waals surface area contributed by atoms with E-state index >= 15 is 0 Å². The van der Waals surface area contributed by atoms with Crippen molar-refractivity contribution in [1.29, 1.82) is 0 Å². The van der Waals surface area contributed by atoms with Crippen molar-refractivity contribution in [3.8, 4) is 22.6 Å². The smallest absolute Gasteiger partial charge is 0.228 e. The zero-order valence-electron chi connectivity index (χ0n) is 24.2. The van der Waals surface area contributed by atoms with Gasteiger partial charge in [-0.15, -0.1) is 0 Å². The Bertz CT molecular complexity index is 2470. The molecule has 7 aromatic carbocycles. The van der Waals surface area contributed by atoms with Gasteiger partial charge in [-0.3, -0.25) is 0 Å². The molecule has 9 aromatic rings. The average Bonchev–Trinajstić information content (AvgIpc) is 3.72. The van der Waals surface area contributed by atoms with Gasteiger partial charge in [0.2, 0.25) is 5.89 Å². The SMILES string of the molecule is c1ccc(-c2cccc(N(c3cccc4ccccc34)c3cccc4c3oc3cccc(-c5nc6ccccc6o5)c34)c2)cc1. The van der Waals surface area contributed by atoms with Crippen LogP contribution in [0.15, 0.2) is 167 Å². The van der Waals surface area contributed by atoms with Gasteiger partial charge in [-0.2, -0.15) is 0 Å². The summed E-state index contributed by atoms with van der Waals surface area (Å²) in [6.07, 6.45) is 0. The van der Waals surface area contributed by atoms with Crippen LogP contribution in [-0.2, 0) is 0 Å². The van der Waals surface area contributed by atoms with Crippen LogP contribution in [0, 0.1) is 0 Å². The van der Waals surface area contributed by atoms with Crippen LogP contribution in [0.1, 0.15) is 0 Å². The van der Waals surface area contributed by atoms with Crippen LogP contribution in [0.2, 0.25) is 0 Å². The van der Waals surface area contributed by atoms with Crippen molar-refractivity contribution in [3.05, 3.63) is 158 Å². The summed E-state index contributed by atoms with van der Waals surface area (Å²) in [5, 5.41) is 4.32. The maximum Gasteiger partial charge on any atom is 0.228 e. The highest BCUT2D eigenvalue weighted by Gasteiger charge is 2.23. The molecule has 0 saturated heterocycles. The van der Waals surface area contributed by atoms with Gasteiger partial charge < -0.3 is 13.7 Å². The number of anilines is 3. The lowest BCUT2D eigenvalue weighted by Crippen LogP contribution is -2.11. The van der Waals surface area contributed by atoms with Crippen molar-refractivity contribution in [3.63, 3.8) is 0 Å². The fourth-order valence-electron chi connectivity index (χ4n) is 6.44. The van der Waals surface area contributed by atoms with E-state index < -0.39 is 0 Å². The van der Waals surface area contributed by atoms with Crippen LogP contribution in [0.25, 0.3) is 66.4 Å². The molecule has 45 heavy (non-hydrogen) atoms. The molecule has 212 valence electrons. The number of para-hydroxylation sites is 3. The molecule has 0 unspecified atom stereocenters. The summed E-state index contributed by atoms with van der Waals surface area (Å²) in [4.78, 5) is 7.14. The second-order valence-corrected chi connectivity index (χ2v) is 11.2. The standard InChI is InChI=1S/C41H26N2O2/c1-2-12-27(13-3-1)29-16-8-17-30(26-29)43(35-22-9-15-28-14-4-5-18-31(28)35)36-23-10-19-32-39-33(20-11-25-38(39)44-40(32)36)41-42-34-21-6-7-24-37(34)45-41/h1-26H. The summed E-state index contributed by atoms with van der Waals surface area (Å²) in [6.45, 7) is 0. The number of furan rings is 1. The monoisotopic (exact) mass is 578 g/mol. The predicted molar refractivity (Wildman–Crippen MR) is 184 cm³/mol. The first kappa shape index (κ1) is 25.4. The Morgan fingerprint density at radius 1 is 0.489 bits per heavy atom. The maximum absolute atomic E-state index is 6.76. The van der Waals surface area contributed by atoms with Gasteiger partial charge in [0, 0.05) is 27.4 Å². The molecule has 0 saturated carbocycles. The van der Waals surface area contributed by atoms with Crippen LogP contribution < -0.4 is 4.90 Å². The highest BCUT2D eigenvalue weighted by molar-refractivity contribution is 6.16. The van der Waals surface area contributed by atoms with Crippen LogP contribution in [-0.4, -0.2) is 4.98 Å². The first-order chi connectivity index (χ1) is 22.3. The Morgan fingerprint density at radius 2 is 1.18 bits per heavy atom. The van der Waals surface area contributed by atoms with E-state index in [0.29, 0.717) is 5.89 Å². The molecule has 0 N–H and O–H groups in total. The third-order valence-electron chi connectivity index (χ3n) is 8.49. The van der Waals surface area contributed by atoms with Gasteiger partial charge in [-0.25, -0.2) is 4.98 Å². The van der Waals surface area contributed by atoms with Gasteiger partial charge in [0.1, 0.15) is 11.1 Å².